The summed E-state index contributed by atoms with van der Waals surface area (Å²) in [6.45, 7) is 5.89. The molecule has 1 heterocycles. The van der Waals surface area contributed by atoms with E-state index < -0.39 is 0 Å². The van der Waals surface area contributed by atoms with Gasteiger partial charge in [0.2, 0.25) is 0 Å². The molecular formula is C13H18N2O. The van der Waals surface area contributed by atoms with Gasteiger partial charge in [-0.3, -0.25) is 9.69 Å². The molecule has 0 atom stereocenters. The van der Waals surface area contributed by atoms with Gasteiger partial charge in [0.25, 0.3) is 0 Å². The standard InChI is InChI=1S/C13H18N2O/c1-11-2-4-12(5-3-11)9-15-7-6-14-8-13(16)10-15/h2-5,14H,6-10H2,1H3. The first kappa shape index (κ1) is 11.3. The Morgan fingerprint density at radius 2 is 2.06 bits per heavy atom. The molecule has 1 aliphatic rings. The molecule has 3 nitrogen and oxygen atoms in total. The number of carbonyl (C=O) groups excluding carboxylic acids is 1. The van der Waals surface area contributed by atoms with E-state index in [4.69, 9.17) is 0 Å². The van der Waals surface area contributed by atoms with Crippen molar-refractivity contribution in [3.8, 4) is 0 Å². The monoisotopic (exact) mass is 218 g/mol. The van der Waals surface area contributed by atoms with E-state index >= 15 is 0 Å². The molecule has 0 unspecified atom stereocenters. The van der Waals surface area contributed by atoms with Crippen LogP contribution in [0.4, 0.5) is 0 Å². The van der Waals surface area contributed by atoms with E-state index in [0.29, 0.717) is 13.1 Å². The SMILES string of the molecule is Cc1ccc(CN2CCNCC(=O)C2)cc1. The van der Waals surface area contributed by atoms with Crippen LogP contribution in [-0.4, -0.2) is 36.9 Å². The number of aryl methyl sites for hydroxylation is 1. The molecule has 16 heavy (non-hydrogen) atoms. The molecule has 1 aromatic rings. The molecule has 0 spiro atoms. The van der Waals surface area contributed by atoms with Gasteiger partial charge in [0.05, 0.1) is 13.1 Å². The average Bonchev–Trinajstić information content (AvgIpc) is 2.46. The van der Waals surface area contributed by atoms with Gasteiger partial charge in [0.15, 0.2) is 5.78 Å². The summed E-state index contributed by atoms with van der Waals surface area (Å²) in [5.74, 6) is 0.282. The summed E-state index contributed by atoms with van der Waals surface area (Å²) < 4.78 is 0. The first-order valence-electron chi connectivity index (χ1n) is 5.74. The second-order valence-electron chi connectivity index (χ2n) is 4.41. The van der Waals surface area contributed by atoms with Crippen molar-refractivity contribution in [2.24, 2.45) is 0 Å². The average molecular weight is 218 g/mol. The maximum atomic E-state index is 11.4. The van der Waals surface area contributed by atoms with Crippen LogP contribution >= 0.6 is 0 Å². The van der Waals surface area contributed by atoms with Crippen molar-refractivity contribution in [2.75, 3.05) is 26.2 Å². The number of benzene rings is 1. The molecule has 3 heteroatoms. The van der Waals surface area contributed by atoms with Gasteiger partial charge >= 0.3 is 0 Å². The fourth-order valence-corrected chi connectivity index (χ4v) is 1.94. The third-order valence-electron chi connectivity index (χ3n) is 2.85. The Labute approximate surface area is 96.5 Å². The summed E-state index contributed by atoms with van der Waals surface area (Å²) in [4.78, 5) is 13.6. The number of nitrogens with one attached hydrogen (secondary N) is 1. The summed E-state index contributed by atoms with van der Waals surface area (Å²) >= 11 is 0. The van der Waals surface area contributed by atoms with Gasteiger partial charge in [0, 0.05) is 19.6 Å². The zero-order valence-electron chi connectivity index (χ0n) is 9.70. The number of hydrogen-bond acceptors (Lipinski definition) is 3. The van der Waals surface area contributed by atoms with Gasteiger partial charge in [-0.2, -0.15) is 0 Å². The highest BCUT2D eigenvalue weighted by Crippen LogP contribution is 2.07. The van der Waals surface area contributed by atoms with Crippen molar-refractivity contribution in [1.29, 1.82) is 0 Å². The molecule has 0 aromatic heterocycles. The molecule has 1 N–H and O–H groups in total. The molecule has 0 radical (unpaired) electrons. The molecule has 2 rings (SSSR count). The van der Waals surface area contributed by atoms with Crippen LogP contribution < -0.4 is 5.32 Å². The maximum absolute atomic E-state index is 11.4. The van der Waals surface area contributed by atoms with Crippen molar-refractivity contribution in [3.05, 3.63) is 35.4 Å². The lowest BCUT2D eigenvalue weighted by Gasteiger charge is -2.18. The van der Waals surface area contributed by atoms with Crippen LogP contribution in [-0.2, 0) is 11.3 Å². The fraction of sp³-hybridized carbons (Fsp3) is 0.462. The van der Waals surface area contributed by atoms with Crippen molar-refractivity contribution in [3.63, 3.8) is 0 Å². The Morgan fingerprint density at radius 1 is 1.31 bits per heavy atom. The quantitative estimate of drug-likeness (QED) is 0.803. The van der Waals surface area contributed by atoms with Crippen LogP contribution in [0.1, 0.15) is 11.1 Å². The number of hydrogen-bond donors (Lipinski definition) is 1. The predicted octanol–water partition coefficient (Wildman–Crippen LogP) is 0.969. The lowest BCUT2D eigenvalue weighted by molar-refractivity contribution is -0.118. The first-order valence-corrected chi connectivity index (χ1v) is 5.74. The molecule has 0 saturated carbocycles. The second kappa shape index (κ2) is 5.23. The van der Waals surface area contributed by atoms with Gasteiger partial charge in [-0.15, -0.1) is 0 Å². The number of nitrogens with zero attached hydrogens (tertiary/aromatic N) is 1. The minimum absolute atomic E-state index is 0.282. The van der Waals surface area contributed by atoms with E-state index in [2.05, 4.69) is 41.4 Å². The van der Waals surface area contributed by atoms with Crippen molar-refractivity contribution < 1.29 is 4.79 Å². The zero-order valence-corrected chi connectivity index (χ0v) is 9.70. The van der Waals surface area contributed by atoms with Crippen LogP contribution in [0.2, 0.25) is 0 Å². The third kappa shape index (κ3) is 3.15. The van der Waals surface area contributed by atoms with Crippen molar-refractivity contribution >= 4 is 5.78 Å². The van der Waals surface area contributed by atoms with E-state index in [1.165, 1.54) is 11.1 Å². The number of rotatable bonds is 2. The van der Waals surface area contributed by atoms with E-state index in [-0.39, 0.29) is 5.78 Å². The largest absolute Gasteiger partial charge is 0.309 e. The van der Waals surface area contributed by atoms with Crippen molar-refractivity contribution in [2.45, 2.75) is 13.5 Å². The summed E-state index contributed by atoms with van der Waals surface area (Å²) in [6.07, 6.45) is 0. The van der Waals surface area contributed by atoms with Crippen LogP contribution in [0.5, 0.6) is 0 Å². The van der Waals surface area contributed by atoms with Gasteiger partial charge in [-0.05, 0) is 12.5 Å². The molecule has 1 aromatic carbocycles. The van der Waals surface area contributed by atoms with Gasteiger partial charge in [-0.1, -0.05) is 29.8 Å². The van der Waals surface area contributed by atoms with E-state index in [0.717, 1.165) is 19.6 Å². The van der Waals surface area contributed by atoms with Gasteiger partial charge < -0.3 is 5.32 Å². The highest BCUT2D eigenvalue weighted by atomic mass is 16.1. The topological polar surface area (TPSA) is 32.3 Å². The van der Waals surface area contributed by atoms with Crippen LogP contribution in [0.25, 0.3) is 0 Å². The Balaban J connectivity index is 1.97. The van der Waals surface area contributed by atoms with Gasteiger partial charge in [-0.25, -0.2) is 0 Å². The molecule has 1 saturated heterocycles. The van der Waals surface area contributed by atoms with E-state index in [9.17, 15) is 4.79 Å². The summed E-state index contributed by atoms with van der Waals surface area (Å²) in [6, 6.07) is 8.51. The number of ketones is 1. The number of carbonyl (C=O) groups is 1. The Hall–Kier alpha value is -1.19. The fourth-order valence-electron chi connectivity index (χ4n) is 1.94. The Bertz CT molecular complexity index is 359. The summed E-state index contributed by atoms with van der Waals surface area (Å²) in [5.41, 5.74) is 2.55. The first-order chi connectivity index (χ1) is 7.74. The minimum atomic E-state index is 0.282. The molecule has 1 aliphatic heterocycles. The lowest BCUT2D eigenvalue weighted by Crippen LogP contribution is -2.29. The second-order valence-corrected chi connectivity index (χ2v) is 4.41. The minimum Gasteiger partial charge on any atom is -0.309 e. The highest BCUT2D eigenvalue weighted by Gasteiger charge is 2.14. The number of Topliss-reactive ketones (excluding diaryl/α,β-unsaturated/α-hetero) is 1. The third-order valence-corrected chi connectivity index (χ3v) is 2.85. The van der Waals surface area contributed by atoms with Crippen LogP contribution in [0.3, 0.4) is 0 Å². The molecule has 86 valence electrons. The summed E-state index contributed by atoms with van der Waals surface area (Å²) in [5, 5.41) is 3.13. The molecule has 0 aliphatic carbocycles. The smallest absolute Gasteiger partial charge is 0.160 e. The maximum Gasteiger partial charge on any atom is 0.160 e. The lowest BCUT2D eigenvalue weighted by atomic mass is 10.1. The normalized spacial score (nSPS) is 18.4. The molecule has 0 amide bonds. The van der Waals surface area contributed by atoms with E-state index in [1.807, 2.05) is 0 Å². The summed E-state index contributed by atoms with van der Waals surface area (Å²) in [7, 11) is 0. The zero-order chi connectivity index (χ0) is 11.4. The van der Waals surface area contributed by atoms with Crippen LogP contribution in [0.15, 0.2) is 24.3 Å². The molecule has 1 fully saturated rings. The van der Waals surface area contributed by atoms with Crippen LogP contribution in [0, 0.1) is 6.92 Å². The van der Waals surface area contributed by atoms with E-state index in [1.54, 1.807) is 0 Å². The van der Waals surface area contributed by atoms with Gasteiger partial charge in [0.1, 0.15) is 0 Å². The predicted molar refractivity (Wildman–Crippen MR) is 64.3 cm³/mol. The Kier molecular flexibility index (Phi) is 3.70. The molecule has 0 bridgehead atoms. The Morgan fingerprint density at radius 3 is 2.81 bits per heavy atom. The highest BCUT2D eigenvalue weighted by molar-refractivity contribution is 5.82. The molecular weight excluding hydrogens is 200 g/mol. The van der Waals surface area contributed by atoms with Crippen molar-refractivity contribution in [1.82, 2.24) is 10.2 Å².